The molecule has 0 spiro atoms. The highest BCUT2D eigenvalue weighted by atomic mass is 35.5. The molecule has 0 unspecified atom stereocenters. The molecule has 0 saturated heterocycles. The topological polar surface area (TPSA) is 94.9 Å². The molecule has 7 heteroatoms. The first kappa shape index (κ1) is 19.1. The summed E-state index contributed by atoms with van der Waals surface area (Å²) in [6, 6.07) is 16.6. The molecule has 2 N–H and O–H groups in total. The highest BCUT2D eigenvalue weighted by Gasteiger charge is 2.13. The lowest BCUT2D eigenvalue weighted by molar-refractivity contribution is 0.102. The largest absolute Gasteiger partial charge is 0.322 e. The molecule has 0 aliphatic heterocycles. The average molecular weight is 391 g/mol. The van der Waals surface area contributed by atoms with Gasteiger partial charge in [-0.05, 0) is 55.0 Å². The number of halogens is 1. The molecule has 3 rings (SSSR count). The Labute approximate surface area is 166 Å². The summed E-state index contributed by atoms with van der Waals surface area (Å²) in [4.78, 5) is 29.0. The highest BCUT2D eigenvalue weighted by molar-refractivity contribution is 6.31. The summed E-state index contributed by atoms with van der Waals surface area (Å²) in [5, 5.41) is 14.9. The van der Waals surface area contributed by atoms with E-state index in [1.54, 1.807) is 42.5 Å². The van der Waals surface area contributed by atoms with Crippen molar-refractivity contribution in [1.82, 2.24) is 4.98 Å². The maximum atomic E-state index is 12.5. The summed E-state index contributed by atoms with van der Waals surface area (Å²) in [6.45, 7) is 1.85. The van der Waals surface area contributed by atoms with E-state index in [0.717, 1.165) is 5.56 Å². The molecule has 0 aliphatic carbocycles. The van der Waals surface area contributed by atoms with Crippen LogP contribution in [-0.4, -0.2) is 16.8 Å². The van der Waals surface area contributed by atoms with Crippen molar-refractivity contribution in [2.75, 3.05) is 10.6 Å². The van der Waals surface area contributed by atoms with Gasteiger partial charge in [0, 0.05) is 28.2 Å². The number of anilines is 2. The maximum Gasteiger partial charge on any atom is 0.274 e. The minimum absolute atomic E-state index is 0.0813. The minimum atomic E-state index is -0.483. The highest BCUT2D eigenvalue weighted by Crippen LogP contribution is 2.21. The van der Waals surface area contributed by atoms with E-state index in [0.29, 0.717) is 22.0 Å². The van der Waals surface area contributed by atoms with Crippen molar-refractivity contribution in [3.8, 4) is 6.07 Å². The summed E-state index contributed by atoms with van der Waals surface area (Å²) in [5.74, 6) is -0.864. The van der Waals surface area contributed by atoms with E-state index < -0.39 is 5.91 Å². The Kier molecular flexibility index (Phi) is 5.68. The fraction of sp³-hybridized carbons (Fsp3) is 0.0476. The predicted molar refractivity (Wildman–Crippen MR) is 107 cm³/mol. The standard InChI is InChI=1S/C21H15ClN4O2/c1-13-5-6-16(22)11-18(13)26-20(27)15-7-8-24-19(10-15)21(28)25-17-4-2-3-14(9-17)12-23/h2-11H,1H3,(H,25,28)(H,26,27). The summed E-state index contributed by atoms with van der Waals surface area (Å²) < 4.78 is 0. The van der Waals surface area contributed by atoms with Crippen LogP contribution in [0.5, 0.6) is 0 Å². The molecule has 0 fully saturated rings. The number of nitrogens with zero attached hydrogens (tertiary/aromatic N) is 2. The Bertz CT molecular complexity index is 1110. The minimum Gasteiger partial charge on any atom is -0.322 e. The number of nitrogens with one attached hydrogen (secondary N) is 2. The van der Waals surface area contributed by atoms with E-state index >= 15 is 0 Å². The maximum absolute atomic E-state index is 12.5. The first-order valence-electron chi connectivity index (χ1n) is 8.31. The van der Waals surface area contributed by atoms with Gasteiger partial charge < -0.3 is 10.6 Å². The number of pyridine rings is 1. The zero-order valence-electron chi connectivity index (χ0n) is 14.9. The second kappa shape index (κ2) is 8.33. The molecule has 0 saturated carbocycles. The molecule has 2 aromatic carbocycles. The van der Waals surface area contributed by atoms with Crippen LogP contribution in [0.3, 0.4) is 0 Å². The van der Waals surface area contributed by atoms with Gasteiger partial charge >= 0.3 is 0 Å². The molecule has 0 radical (unpaired) electrons. The molecule has 1 aromatic heterocycles. The van der Waals surface area contributed by atoms with Crippen molar-refractivity contribution in [1.29, 1.82) is 5.26 Å². The normalized spacial score (nSPS) is 10.0. The van der Waals surface area contributed by atoms with Crippen molar-refractivity contribution in [2.45, 2.75) is 6.92 Å². The SMILES string of the molecule is Cc1ccc(Cl)cc1NC(=O)c1ccnc(C(=O)Nc2cccc(C#N)c2)c1. The number of nitriles is 1. The predicted octanol–water partition coefficient (Wildman–Crippen LogP) is 4.42. The van der Waals surface area contributed by atoms with Crippen LogP contribution < -0.4 is 10.6 Å². The van der Waals surface area contributed by atoms with Crippen LogP contribution in [0, 0.1) is 18.3 Å². The number of aromatic nitrogens is 1. The van der Waals surface area contributed by atoms with Crippen molar-refractivity contribution in [3.05, 3.63) is 88.2 Å². The van der Waals surface area contributed by atoms with Gasteiger partial charge in [0.25, 0.3) is 11.8 Å². The van der Waals surface area contributed by atoms with Crippen molar-refractivity contribution < 1.29 is 9.59 Å². The van der Waals surface area contributed by atoms with Gasteiger partial charge in [-0.3, -0.25) is 14.6 Å². The first-order chi connectivity index (χ1) is 13.5. The Morgan fingerprint density at radius 3 is 2.64 bits per heavy atom. The second-order valence-electron chi connectivity index (χ2n) is 5.99. The molecule has 0 aliphatic rings. The van der Waals surface area contributed by atoms with E-state index in [1.807, 2.05) is 13.0 Å². The van der Waals surface area contributed by atoms with Gasteiger partial charge in [-0.1, -0.05) is 23.7 Å². The van der Waals surface area contributed by atoms with Crippen LogP contribution in [0.1, 0.15) is 32.0 Å². The van der Waals surface area contributed by atoms with Crippen LogP contribution in [-0.2, 0) is 0 Å². The average Bonchev–Trinajstić information content (AvgIpc) is 2.71. The summed E-state index contributed by atoms with van der Waals surface area (Å²) >= 11 is 5.98. The van der Waals surface area contributed by atoms with Gasteiger partial charge in [0.1, 0.15) is 5.69 Å². The van der Waals surface area contributed by atoms with Crippen LogP contribution in [0.4, 0.5) is 11.4 Å². The van der Waals surface area contributed by atoms with E-state index in [4.69, 9.17) is 16.9 Å². The van der Waals surface area contributed by atoms with Crippen LogP contribution in [0.25, 0.3) is 0 Å². The summed E-state index contributed by atoms with van der Waals surface area (Å²) in [6.07, 6.45) is 1.39. The van der Waals surface area contributed by atoms with Crippen LogP contribution >= 0.6 is 11.6 Å². The fourth-order valence-electron chi connectivity index (χ4n) is 2.48. The molecule has 1 heterocycles. The third-order valence-corrected chi connectivity index (χ3v) is 4.19. The fourth-order valence-corrected chi connectivity index (χ4v) is 2.65. The molecule has 28 heavy (non-hydrogen) atoms. The van der Waals surface area contributed by atoms with Gasteiger partial charge in [-0.15, -0.1) is 0 Å². The van der Waals surface area contributed by atoms with Crippen LogP contribution in [0.15, 0.2) is 60.8 Å². The van der Waals surface area contributed by atoms with Gasteiger partial charge in [-0.2, -0.15) is 5.26 Å². The lowest BCUT2D eigenvalue weighted by Gasteiger charge is -2.10. The zero-order valence-corrected chi connectivity index (χ0v) is 15.6. The van der Waals surface area contributed by atoms with Gasteiger partial charge in [-0.25, -0.2) is 0 Å². The molecule has 3 aromatic rings. The van der Waals surface area contributed by atoms with Gasteiger partial charge in [0.05, 0.1) is 11.6 Å². The number of rotatable bonds is 4. The van der Waals surface area contributed by atoms with Gasteiger partial charge in [0.2, 0.25) is 0 Å². The summed E-state index contributed by atoms with van der Waals surface area (Å²) in [7, 11) is 0. The smallest absolute Gasteiger partial charge is 0.274 e. The Hall–Kier alpha value is -3.69. The number of hydrogen-bond donors (Lipinski definition) is 2. The number of benzene rings is 2. The number of hydrogen-bond acceptors (Lipinski definition) is 4. The number of carbonyl (C=O) groups is 2. The lowest BCUT2D eigenvalue weighted by atomic mass is 10.1. The Morgan fingerprint density at radius 2 is 1.86 bits per heavy atom. The van der Waals surface area contributed by atoms with Crippen molar-refractivity contribution in [2.24, 2.45) is 0 Å². The number of aryl methyl sites for hydroxylation is 1. The van der Waals surface area contributed by atoms with Gasteiger partial charge in [0.15, 0.2) is 0 Å². The first-order valence-corrected chi connectivity index (χ1v) is 8.69. The van der Waals surface area contributed by atoms with E-state index in [9.17, 15) is 9.59 Å². The Balaban J connectivity index is 1.77. The van der Waals surface area contributed by atoms with Crippen LogP contribution in [0.2, 0.25) is 5.02 Å². The van der Waals surface area contributed by atoms with E-state index in [1.165, 1.54) is 18.3 Å². The van der Waals surface area contributed by atoms with E-state index in [2.05, 4.69) is 15.6 Å². The molecule has 138 valence electrons. The number of carbonyl (C=O) groups excluding carboxylic acids is 2. The third-order valence-electron chi connectivity index (χ3n) is 3.95. The lowest BCUT2D eigenvalue weighted by Crippen LogP contribution is -2.17. The molecule has 2 amide bonds. The third kappa shape index (κ3) is 4.53. The second-order valence-corrected chi connectivity index (χ2v) is 6.43. The molecule has 0 atom stereocenters. The Morgan fingerprint density at radius 1 is 1.04 bits per heavy atom. The van der Waals surface area contributed by atoms with Crippen molar-refractivity contribution >= 4 is 34.8 Å². The molecular weight excluding hydrogens is 376 g/mol. The number of amides is 2. The molecular formula is C21H15ClN4O2. The zero-order chi connectivity index (χ0) is 20.1. The molecule has 6 nitrogen and oxygen atoms in total. The molecule has 0 bridgehead atoms. The quantitative estimate of drug-likeness (QED) is 0.689. The summed E-state index contributed by atoms with van der Waals surface area (Å²) in [5.41, 5.74) is 2.71. The van der Waals surface area contributed by atoms with E-state index in [-0.39, 0.29) is 17.2 Å². The van der Waals surface area contributed by atoms with Crippen molar-refractivity contribution in [3.63, 3.8) is 0 Å². The monoisotopic (exact) mass is 390 g/mol.